The van der Waals surface area contributed by atoms with Gasteiger partial charge in [0, 0.05) is 27.9 Å². The van der Waals surface area contributed by atoms with Crippen LogP contribution in [-0.2, 0) is 12.3 Å². The minimum Gasteiger partial charge on any atom is -0.494 e. The normalized spacial score (nSPS) is 11.0. The molecule has 3 aromatic rings. The van der Waals surface area contributed by atoms with Crippen LogP contribution in [0.2, 0.25) is 0 Å². The van der Waals surface area contributed by atoms with Crippen LogP contribution < -0.4 is 10.3 Å². The first-order valence-corrected chi connectivity index (χ1v) is 10.8. The molecule has 5 nitrogen and oxygen atoms in total. The number of benzene rings is 2. The van der Waals surface area contributed by atoms with Gasteiger partial charge in [-0.15, -0.1) is 0 Å². The molecule has 7 heteroatoms. The third-order valence-corrected chi connectivity index (χ3v) is 5.84. The van der Waals surface area contributed by atoms with Gasteiger partial charge in [-0.2, -0.15) is 0 Å². The molecule has 0 saturated heterocycles. The van der Waals surface area contributed by atoms with E-state index in [1.54, 1.807) is 23.6 Å². The van der Waals surface area contributed by atoms with Crippen molar-refractivity contribution >= 4 is 44.4 Å². The van der Waals surface area contributed by atoms with Crippen LogP contribution in [0.15, 0.2) is 50.8 Å². The second-order valence-corrected chi connectivity index (χ2v) is 8.06. The van der Waals surface area contributed by atoms with E-state index < -0.39 is 0 Å². The monoisotopic (exact) mass is 460 g/mol. The van der Waals surface area contributed by atoms with Gasteiger partial charge in [0.15, 0.2) is 10.9 Å². The number of halogens is 1. The number of ether oxygens (including phenoxy) is 1. The topological polar surface area (TPSA) is 61.2 Å². The molecule has 146 valence electrons. The van der Waals surface area contributed by atoms with E-state index in [-0.39, 0.29) is 11.3 Å². The summed E-state index contributed by atoms with van der Waals surface area (Å²) in [5, 5.41) is 1.24. The van der Waals surface area contributed by atoms with Crippen molar-refractivity contribution in [2.75, 3.05) is 6.61 Å². The number of carbonyl (C=O) groups is 1. The first-order chi connectivity index (χ1) is 13.4. The minimum absolute atomic E-state index is 0.00849. The predicted octanol–water partition coefficient (Wildman–Crippen LogP) is 5.07. The van der Waals surface area contributed by atoms with E-state index in [9.17, 15) is 9.59 Å². The second-order valence-electron chi connectivity index (χ2n) is 6.21. The standard InChI is InChI=1S/C21H21BrN2O3S/c1-4-24-20(26)17-11-16(22)7-8-18(17)23-21(24)28-12-15-10-14(13(3)25)6-9-19(15)27-5-2/h6-11H,4-5,12H2,1-3H3. The molecule has 3 rings (SSSR count). The summed E-state index contributed by atoms with van der Waals surface area (Å²) in [7, 11) is 0. The maximum atomic E-state index is 12.9. The molecule has 0 amide bonds. The number of hydrogen-bond donors (Lipinski definition) is 0. The molecular weight excluding hydrogens is 440 g/mol. The van der Waals surface area contributed by atoms with Crippen molar-refractivity contribution in [1.82, 2.24) is 9.55 Å². The van der Waals surface area contributed by atoms with Crippen molar-refractivity contribution in [1.29, 1.82) is 0 Å². The van der Waals surface area contributed by atoms with Crippen LogP contribution in [0.5, 0.6) is 5.75 Å². The Morgan fingerprint density at radius 3 is 2.68 bits per heavy atom. The summed E-state index contributed by atoms with van der Waals surface area (Å²) >= 11 is 4.88. The molecule has 0 atom stereocenters. The lowest BCUT2D eigenvalue weighted by Crippen LogP contribution is -2.22. The summed E-state index contributed by atoms with van der Waals surface area (Å²) in [6.45, 7) is 6.47. The van der Waals surface area contributed by atoms with Crippen molar-refractivity contribution in [2.45, 2.75) is 38.2 Å². The van der Waals surface area contributed by atoms with Crippen LogP contribution in [0.25, 0.3) is 10.9 Å². The first-order valence-electron chi connectivity index (χ1n) is 9.04. The summed E-state index contributed by atoms with van der Waals surface area (Å²) in [6.07, 6.45) is 0. The largest absolute Gasteiger partial charge is 0.494 e. The van der Waals surface area contributed by atoms with Crippen molar-refractivity contribution < 1.29 is 9.53 Å². The van der Waals surface area contributed by atoms with Crippen LogP contribution in [-0.4, -0.2) is 21.9 Å². The molecule has 1 heterocycles. The van der Waals surface area contributed by atoms with Crippen LogP contribution in [0, 0.1) is 0 Å². The number of ketones is 1. The van der Waals surface area contributed by atoms with Gasteiger partial charge in [0.25, 0.3) is 5.56 Å². The highest BCUT2D eigenvalue weighted by Gasteiger charge is 2.14. The van der Waals surface area contributed by atoms with Crippen molar-refractivity contribution in [3.05, 3.63) is 62.4 Å². The highest BCUT2D eigenvalue weighted by Crippen LogP contribution is 2.29. The van der Waals surface area contributed by atoms with E-state index in [0.29, 0.717) is 40.5 Å². The SMILES string of the molecule is CCOc1ccc(C(C)=O)cc1CSc1nc2ccc(Br)cc2c(=O)n1CC. The van der Waals surface area contributed by atoms with Crippen LogP contribution in [0.4, 0.5) is 0 Å². The van der Waals surface area contributed by atoms with E-state index in [1.807, 2.05) is 38.1 Å². The Morgan fingerprint density at radius 2 is 2.00 bits per heavy atom. The molecule has 28 heavy (non-hydrogen) atoms. The van der Waals surface area contributed by atoms with Gasteiger partial charge >= 0.3 is 0 Å². The Bertz CT molecular complexity index is 1090. The first kappa shape index (κ1) is 20.6. The Balaban J connectivity index is 1.99. The fraction of sp³-hybridized carbons (Fsp3) is 0.286. The number of fused-ring (bicyclic) bond motifs is 1. The minimum atomic E-state index is -0.0566. The predicted molar refractivity (Wildman–Crippen MR) is 117 cm³/mol. The van der Waals surface area contributed by atoms with E-state index in [4.69, 9.17) is 9.72 Å². The van der Waals surface area contributed by atoms with Gasteiger partial charge in [0.1, 0.15) is 5.75 Å². The van der Waals surface area contributed by atoms with Crippen molar-refractivity contribution in [2.24, 2.45) is 0 Å². The lowest BCUT2D eigenvalue weighted by atomic mass is 10.1. The zero-order valence-electron chi connectivity index (χ0n) is 16.0. The van der Waals surface area contributed by atoms with Gasteiger partial charge < -0.3 is 4.74 Å². The van der Waals surface area contributed by atoms with Gasteiger partial charge in [0.05, 0.1) is 17.5 Å². The fourth-order valence-electron chi connectivity index (χ4n) is 2.91. The smallest absolute Gasteiger partial charge is 0.262 e. The highest BCUT2D eigenvalue weighted by molar-refractivity contribution is 9.10. The molecule has 0 fully saturated rings. The lowest BCUT2D eigenvalue weighted by Gasteiger charge is -2.14. The van der Waals surface area contributed by atoms with Gasteiger partial charge in [0.2, 0.25) is 0 Å². The molecule has 0 aliphatic heterocycles. The summed E-state index contributed by atoms with van der Waals surface area (Å²) in [4.78, 5) is 29.3. The number of nitrogens with zero attached hydrogens (tertiary/aromatic N) is 2. The molecule has 1 aromatic heterocycles. The molecule has 2 aromatic carbocycles. The molecule has 0 saturated carbocycles. The number of rotatable bonds is 7. The number of hydrogen-bond acceptors (Lipinski definition) is 5. The van der Waals surface area contributed by atoms with Crippen LogP contribution in [0.3, 0.4) is 0 Å². The Hall–Kier alpha value is -2.12. The molecule has 0 spiro atoms. The molecular formula is C21H21BrN2O3S. The van der Waals surface area contributed by atoms with Gasteiger partial charge in [-0.05, 0) is 57.2 Å². The van der Waals surface area contributed by atoms with E-state index >= 15 is 0 Å². The maximum Gasteiger partial charge on any atom is 0.262 e. The Morgan fingerprint density at radius 1 is 1.21 bits per heavy atom. The lowest BCUT2D eigenvalue weighted by molar-refractivity contribution is 0.101. The van der Waals surface area contributed by atoms with Gasteiger partial charge in [-0.3, -0.25) is 14.2 Å². The number of thioether (sulfide) groups is 1. The Labute approximate surface area is 176 Å². The molecule has 0 aliphatic carbocycles. The summed E-state index contributed by atoms with van der Waals surface area (Å²) in [5.41, 5.74) is 2.16. The maximum absolute atomic E-state index is 12.9. The number of carbonyl (C=O) groups excluding carboxylic acids is 1. The highest BCUT2D eigenvalue weighted by atomic mass is 79.9. The summed E-state index contributed by atoms with van der Waals surface area (Å²) in [6, 6.07) is 11.0. The van der Waals surface area contributed by atoms with Gasteiger partial charge in [-0.1, -0.05) is 27.7 Å². The summed E-state index contributed by atoms with van der Waals surface area (Å²) in [5.74, 6) is 1.30. The third kappa shape index (κ3) is 4.31. The average Bonchev–Trinajstić information content (AvgIpc) is 2.68. The number of aromatic nitrogens is 2. The quantitative estimate of drug-likeness (QED) is 0.279. The summed E-state index contributed by atoms with van der Waals surface area (Å²) < 4.78 is 8.23. The zero-order valence-corrected chi connectivity index (χ0v) is 18.4. The second kappa shape index (κ2) is 8.92. The van der Waals surface area contributed by atoms with Crippen molar-refractivity contribution in [3.8, 4) is 5.75 Å². The third-order valence-electron chi connectivity index (χ3n) is 4.32. The van der Waals surface area contributed by atoms with Crippen molar-refractivity contribution in [3.63, 3.8) is 0 Å². The molecule has 0 radical (unpaired) electrons. The van der Waals surface area contributed by atoms with E-state index in [0.717, 1.165) is 15.8 Å². The van der Waals surface area contributed by atoms with Crippen LogP contribution in [0.1, 0.15) is 36.7 Å². The zero-order chi connectivity index (χ0) is 20.3. The van der Waals surface area contributed by atoms with Crippen LogP contribution >= 0.6 is 27.7 Å². The fourth-order valence-corrected chi connectivity index (χ4v) is 4.31. The molecule has 0 N–H and O–H groups in total. The Kier molecular flexibility index (Phi) is 6.57. The molecule has 0 unspecified atom stereocenters. The number of Topliss-reactive ketones (excluding diaryl/α,β-unsaturated/α-hetero) is 1. The molecule has 0 bridgehead atoms. The van der Waals surface area contributed by atoms with E-state index in [2.05, 4.69) is 15.9 Å². The molecule has 0 aliphatic rings. The average molecular weight is 461 g/mol. The van der Waals surface area contributed by atoms with Gasteiger partial charge in [-0.25, -0.2) is 4.98 Å². The van der Waals surface area contributed by atoms with E-state index in [1.165, 1.54) is 11.8 Å².